The summed E-state index contributed by atoms with van der Waals surface area (Å²) < 4.78 is 1.25. The molecule has 0 aliphatic heterocycles. The Hall–Kier alpha value is -1.04. The molecule has 0 fully saturated rings. The molecule has 2 aromatic carbocycles. The minimum Gasteiger partial charge on any atom is -0.354 e. The molecule has 0 atom stereocenters. The third-order valence-electron chi connectivity index (χ3n) is 4.30. The maximum atomic E-state index is 6.32. The van der Waals surface area contributed by atoms with Gasteiger partial charge in [0, 0.05) is 19.5 Å². The average molecular weight is 439 g/mol. The maximum absolute atomic E-state index is 6.32. The second-order valence-corrected chi connectivity index (χ2v) is 7.37. The topological polar surface area (TPSA) is 41.8 Å². The molecule has 0 aliphatic carbocycles. The largest absolute Gasteiger partial charge is 0.354 e. The van der Waals surface area contributed by atoms with Crippen LogP contribution in [-0.2, 0) is 6.42 Å². The van der Waals surface area contributed by atoms with E-state index in [0.29, 0.717) is 0 Å². The van der Waals surface area contributed by atoms with Crippen LogP contribution in [0.2, 0.25) is 5.02 Å². The molecule has 0 bridgehead atoms. The monoisotopic (exact) mass is 438 g/mol. The van der Waals surface area contributed by atoms with E-state index in [1.807, 2.05) is 6.07 Å². The van der Waals surface area contributed by atoms with Crippen molar-refractivity contribution in [1.29, 1.82) is 0 Å². The van der Waals surface area contributed by atoms with Crippen LogP contribution >= 0.6 is 34.2 Å². The number of H-pyrrole nitrogens is 1. The standard InChI is InChI=1S/C19H20ClIN2/c1-12-16(20)10-9-14-13(6-4-5-11-22)19(23-18(12)14)15-7-2-3-8-17(15)21/h2-3,7-10,23H,4-6,11,22H2,1H3. The number of aromatic nitrogens is 1. The van der Waals surface area contributed by atoms with Gasteiger partial charge in [0.05, 0.1) is 11.2 Å². The first-order chi connectivity index (χ1) is 11.1. The Balaban J connectivity index is 2.21. The minimum atomic E-state index is 0.741. The van der Waals surface area contributed by atoms with Crippen LogP contribution in [0.25, 0.3) is 22.2 Å². The van der Waals surface area contributed by atoms with Crippen molar-refractivity contribution in [3.63, 3.8) is 0 Å². The zero-order valence-corrected chi connectivity index (χ0v) is 16.0. The molecule has 23 heavy (non-hydrogen) atoms. The number of hydrogen-bond acceptors (Lipinski definition) is 1. The van der Waals surface area contributed by atoms with Crippen LogP contribution in [0.15, 0.2) is 36.4 Å². The first-order valence-corrected chi connectivity index (χ1v) is 9.33. The molecule has 3 aromatic rings. The number of hydrogen-bond donors (Lipinski definition) is 2. The summed E-state index contributed by atoms with van der Waals surface area (Å²) in [5.41, 5.74) is 11.8. The van der Waals surface area contributed by atoms with Gasteiger partial charge in [-0.3, -0.25) is 0 Å². The maximum Gasteiger partial charge on any atom is 0.0508 e. The van der Waals surface area contributed by atoms with E-state index in [-0.39, 0.29) is 0 Å². The van der Waals surface area contributed by atoms with Gasteiger partial charge in [0.2, 0.25) is 0 Å². The summed E-state index contributed by atoms with van der Waals surface area (Å²) in [4.78, 5) is 3.64. The predicted octanol–water partition coefficient (Wildman–Crippen LogP) is 5.68. The van der Waals surface area contributed by atoms with Crippen molar-refractivity contribution >= 4 is 45.1 Å². The van der Waals surface area contributed by atoms with Crippen molar-refractivity contribution in [2.45, 2.75) is 26.2 Å². The van der Waals surface area contributed by atoms with Crippen molar-refractivity contribution in [1.82, 2.24) is 4.98 Å². The number of nitrogens with one attached hydrogen (secondary N) is 1. The van der Waals surface area contributed by atoms with Gasteiger partial charge in [-0.1, -0.05) is 35.9 Å². The molecule has 0 saturated carbocycles. The van der Waals surface area contributed by atoms with Crippen molar-refractivity contribution in [3.05, 3.63) is 56.1 Å². The molecule has 3 N–H and O–H groups in total. The van der Waals surface area contributed by atoms with Crippen LogP contribution in [0, 0.1) is 10.5 Å². The molecule has 0 amide bonds. The van der Waals surface area contributed by atoms with Crippen molar-refractivity contribution in [2.24, 2.45) is 5.73 Å². The van der Waals surface area contributed by atoms with E-state index in [1.54, 1.807) is 0 Å². The first kappa shape index (κ1) is 16.8. The number of unbranched alkanes of at least 4 members (excludes halogenated alkanes) is 1. The summed E-state index contributed by atoms with van der Waals surface area (Å²) in [6, 6.07) is 12.6. The Labute approximate surface area is 155 Å². The number of nitrogens with two attached hydrogens (primary N) is 1. The lowest BCUT2D eigenvalue weighted by atomic mass is 9.99. The first-order valence-electron chi connectivity index (χ1n) is 7.88. The number of halogens is 2. The zero-order valence-electron chi connectivity index (χ0n) is 13.1. The highest BCUT2D eigenvalue weighted by Gasteiger charge is 2.16. The fourth-order valence-corrected chi connectivity index (χ4v) is 3.85. The highest BCUT2D eigenvalue weighted by molar-refractivity contribution is 14.1. The summed E-state index contributed by atoms with van der Waals surface area (Å²) in [6.45, 7) is 2.82. The van der Waals surface area contributed by atoms with Crippen LogP contribution in [-0.4, -0.2) is 11.5 Å². The Morgan fingerprint density at radius 3 is 2.65 bits per heavy atom. The van der Waals surface area contributed by atoms with Gasteiger partial charge in [0.25, 0.3) is 0 Å². The molecule has 0 radical (unpaired) electrons. The average Bonchev–Trinajstić information content (AvgIpc) is 2.91. The molecule has 0 unspecified atom stereocenters. The molecular weight excluding hydrogens is 419 g/mol. The lowest BCUT2D eigenvalue weighted by molar-refractivity contribution is 0.748. The second kappa shape index (κ2) is 7.24. The molecule has 2 nitrogen and oxygen atoms in total. The molecule has 0 saturated heterocycles. The van der Waals surface area contributed by atoms with E-state index < -0.39 is 0 Å². The molecule has 4 heteroatoms. The summed E-state index contributed by atoms with van der Waals surface area (Å²) in [5, 5.41) is 2.08. The number of rotatable bonds is 5. The van der Waals surface area contributed by atoms with E-state index >= 15 is 0 Å². The lowest BCUT2D eigenvalue weighted by Gasteiger charge is -2.07. The number of aryl methyl sites for hydroxylation is 2. The quantitative estimate of drug-likeness (QED) is 0.390. The third-order valence-corrected chi connectivity index (χ3v) is 5.65. The molecule has 120 valence electrons. The smallest absolute Gasteiger partial charge is 0.0508 e. The summed E-state index contributed by atoms with van der Waals surface area (Å²) in [7, 11) is 0. The van der Waals surface area contributed by atoms with Gasteiger partial charge in [0.15, 0.2) is 0 Å². The fourth-order valence-electron chi connectivity index (χ4n) is 3.03. The van der Waals surface area contributed by atoms with Gasteiger partial charge in [0.1, 0.15) is 0 Å². The Morgan fingerprint density at radius 1 is 1.13 bits per heavy atom. The zero-order chi connectivity index (χ0) is 16.4. The third kappa shape index (κ3) is 3.28. The molecule has 0 aliphatic rings. The van der Waals surface area contributed by atoms with Crippen molar-refractivity contribution < 1.29 is 0 Å². The Kier molecular flexibility index (Phi) is 5.29. The van der Waals surface area contributed by atoms with Crippen LogP contribution < -0.4 is 5.73 Å². The van der Waals surface area contributed by atoms with Crippen LogP contribution in [0.4, 0.5) is 0 Å². The summed E-state index contributed by atoms with van der Waals surface area (Å²) in [5.74, 6) is 0. The van der Waals surface area contributed by atoms with Gasteiger partial charge in [-0.15, -0.1) is 0 Å². The normalized spacial score (nSPS) is 11.3. The molecule has 1 heterocycles. The fraction of sp³-hybridized carbons (Fsp3) is 0.263. The van der Waals surface area contributed by atoms with Crippen LogP contribution in [0.1, 0.15) is 24.0 Å². The van der Waals surface area contributed by atoms with Crippen LogP contribution in [0.5, 0.6) is 0 Å². The lowest BCUT2D eigenvalue weighted by Crippen LogP contribution is -1.99. The Bertz CT molecular complexity index is 839. The minimum absolute atomic E-state index is 0.741. The molecular formula is C19H20ClIN2. The molecule has 0 spiro atoms. The van der Waals surface area contributed by atoms with E-state index in [4.69, 9.17) is 17.3 Å². The van der Waals surface area contributed by atoms with E-state index in [0.717, 1.165) is 41.9 Å². The van der Waals surface area contributed by atoms with E-state index in [2.05, 4.69) is 64.8 Å². The van der Waals surface area contributed by atoms with E-state index in [9.17, 15) is 0 Å². The van der Waals surface area contributed by atoms with Gasteiger partial charge >= 0.3 is 0 Å². The molecule has 1 aromatic heterocycles. The van der Waals surface area contributed by atoms with Gasteiger partial charge in [-0.05, 0) is 78.6 Å². The van der Waals surface area contributed by atoms with Crippen molar-refractivity contribution in [2.75, 3.05) is 6.54 Å². The van der Waals surface area contributed by atoms with Crippen LogP contribution in [0.3, 0.4) is 0 Å². The summed E-state index contributed by atoms with van der Waals surface area (Å²) in [6.07, 6.45) is 3.17. The number of fused-ring (bicyclic) bond motifs is 1. The highest BCUT2D eigenvalue weighted by Crippen LogP contribution is 2.36. The summed E-state index contributed by atoms with van der Waals surface area (Å²) >= 11 is 8.71. The van der Waals surface area contributed by atoms with Gasteiger partial charge in [-0.2, -0.15) is 0 Å². The van der Waals surface area contributed by atoms with Gasteiger partial charge in [-0.25, -0.2) is 0 Å². The van der Waals surface area contributed by atoms with Crippen molar-refractivity contribution in [3.8, 4) is 11.3 Å². The predicted molar refractivity (Wildman–Crippen MR) is 108 cm³/mol. The number of benzene rings is 2. The SMILES string of the molecule is Cc1c(Cl)ccc2c(CCCCN)c(-c3ccccc3I)[nH]c12. The van der Waals surface area contributed by atoms with E-state index in [1.165, 1.54) is 25.8 Å². The highest BCUT2D eigenvalue weighted by atomic mass is 127. The van der Waals surface area contributed by atoms with Gasteiger partial charge < -0.3 is 10.7 Å². The Morgan fingerprint density at radius 2 is 1.91 bits per heavy atom. The number of aromatic amines is 1. The second-order valence-electron chi connectivity index (χ2n) is 5.80. The molecule has 3 rings (SSSR count).